The summed E-state index contributed by atoms with van der Waals surface area (Å²) in [5.74, 6) is -0.277. The Morgan fingerprint density at radius 1 is 1.43 bits per heavy atom. The minimum absolute atomic E-state index is 0.294. The second-order valence-electron chi connectivity index (χ2n) is 5.87. The second-order valence-corrected chi connectivity index (χ2v) is 5.87. The summed E-state index contributed by atoms with van der Waals surface area (Å²) >= 11 is 0. The Hall–Kier alpha value is -1.91. The molecule has 1 aliphatic rings. The molecule has 112 valence electrons. The van der Waals surface area contributed by atoms with E-state index in [2.05, 4.69) is 4.98 Å². The number of benzene rings is 1. The van der Waals surface area contributed by atoms with Gasteiger partial charge in [0.2, 0.25) is 0 Å². The number of aliphatic carboxylic acids is 1. The van der Waals surface area contributed by atoms with Crippen molar-refractivity contribution in [3.63, 3.8) is 0 Å². The van der Waals surface area contributed by atoms with Crippen LogP contribution in [-0.4, -0.2) is 20.6 Å². The SMILES string of the molecule is CCn1c(CC2(C(=O)O)CCCC2)nc2ccc(F)cc21. The highest BCUT2D eigenvalue weighted by Crippen LogP contribution is 2.41. The lowest BCUT2D eigenvalue weighted by Gasteiger charge is -2.23. The Labute approximate surface area is 122 Å². The molecular weight excluding hydrogens is 271 g/mol. The Kier molecular flexibility index (Phi) is 3.43. The van der Waals surface area contributed by atoms with E-state index in [1.807, 2.05) is 11.5 Å². The minimum atomic E-state index is -0.735. The smallest absolute Gasteiger partial charge is 0.310 e. The molecule has 1 N–H and O–H groups in total. The van der Waals surface area contributed by atoms with Crippen LogP contribution in [0.4, 0.5) is 4.39 Å². The summed E-state index contributed by atoms with van der Waals surface area (Å²) in [6.45, 7) is 2.63. The molecular formula is C16H19FN2O2. The van der Waals surface area contributed by atoms with Crippen LogP contribution in [0.3, 0.4) is 0 Å². The lowest BCUT2D eigenvalue weighted by Crippen LogP contribution is -2.31. The number of aryl methyl sites for hydroxylation is 1. The van der Waals surface area contributed by atoms with Crippen LogP contribution in [0.2, 0.25) is 0 Å². The molecule has 0 aliphatic heterocycles. The third kappa shape index (κ3) is 2.30. The molecule has 5 heteroatoms. The number of hydrogen-bond acceptors (Lipinski definition) is 2. The standard InChI is InChI=1S/C16H19FN2O2/c1-2-19-13-9-11(17)5-6-12(13)18-14(19)10-16(15(20)21)7-3-4-8-16/h5-6,9H,2-4,7-8,10H2,1H3,(H,20,21). The van der Waals surface area contributed by atoms with E-state index in [-0.39, 0.29) is 5.82 Å². The number of rotatable bonds is 4. The van der Waals surface area contributed by atoms with Crippen molar-refractivity contribution in [2.45, 2.75) is 45.6 Å². The fraction of sp³-hybridized carbons (Fsp3) is 0.500. The van der Waals surface area contributed by atoms with E-state index in [9.17, 15) is 14.3 Å². The van der Waals surface area contributed by atoms with Crippen molar-refractivity contribution in [1.29, 1.82) is 0 Å². The number of carboxylic acid groups (broad SMARTS) is 1. The Bertz CT molecular complexity index is 687. The molecule has 1 saturated carbocycles. The monoisotopic (exact) mass is 290 g/mol. The fourth-order valence-corrected chi connectivity index (χ4v) is 3.45. The first-order valence-corrected chi connectivity index (χ1v) is 7.44. The number of nitrogens with zero attached hydrogens (tertiary/aromatic N) is 2. The van der Waals surface area contributed by atoms with E-state index in [0.717, 1.165) is 29.7 Å². The van der Waals surface area contributed by atoms with Gasteiger partial charge in [0.1, 0.15) is 11.6 Å². The minimum Gasteiger partial charge on any atom is -0.481 e. The van der Waals surface area contributed by atoms with Gasteiger partial charge in [0, 0.05) is 13.0 Å². The van der Waals surface area contributed by atoms with Crippen molar-refractivity contribution in [1.82, 2.24) is 9.55 Å². The molecule has 0 bridgehead atoms. The van der Waals surface area contributed by atoms with Crippen molar-refractivity contribution in [2.24, 2.45) is 5.41 Å². The molecule has 1 aliphatic carbocycles. The lowest BCUT2D eigenvalue weighted by molar-refractivity contribution is -0.148. The van der Waals surface area contributed by atoms with Gasteiger partial charge < -0.3 is 9.67 Å². The van der Waals surface area contributed by atoms with Gasteiger partial charge in [-0.05, 0) is 38.0 Å². The molecule has 0 amide bonds. The van der Waals surface area contributed by atoms with E-state index in [0.29, 0.717) is 25.8 Å². The summed E-state index contributed by atoms with van der Waals surface area (Å²) < 4.78 is 15.4. The van der Waals surface area contributed by atoms with Crippen molar-refractivity contribution >= 4 is 17.0 Å². The molecule has 21 heavy (non-hydrogen) atoms. The van der Waals surface area contributed by atoms with Gasteiger partial charge in [-0.15, -0.1) is 0 Å². The Balaban J connectivity index is 2.06. The van der Waals surface area contributed by atoms with Crippen LogP contribution in [0.1, 0.15) is 38.4 Å². The third-order valence-electron chi connectivity index (χ3n) is 4.62. The molecule has 0 spiro atoms. The van der Waals surface area contributed by atoms with Crippen molar-refractivity contribution < 1.29 is 14.3 Å². The van der Waals surface area contributed by atoms with Crippen molar-refractivity contribution in [3.05, 3.63) is 29.8 Å². The summed E-state index contributed by atoms with van der Waals surface area (Å²) in [5.41, 5.74) is 0.769. The van der Waals surface area contributed by atoms with Crippen LogP contribution < -0.4 is 0 Å². The number of hydrogen-bond donors (Lipinski definition) is 1. The van der Waals surface area contributed by atoms with Crippen molar-refractivity contribution in [2.75, 3.05) is 0 Å². The molecule has 4 nitrogen and oxygen atoms in total. The molecule has 0 unspecified atom stereocenters. The zero-order chi connectivity index (χ0) is 15.0. The van der Waals surface area contributed by atoms with Crippen LogP contribution in [0.15, 0.2) is 18.2 Å². The predicted octanol–water partition coefficient (Wildman–Crippen LogP) is 3.38. The molecule has 0 radical (unpaired) electrons. The molecule has 0 saturated heterocycles. The first-order valence-electron chi connectivity index (χ1n) is 7.44. The maximum Gasteiger partial charge on any atom is 0.310 e. The zero-order valence-corrected chi connectivity index (χ0v) is 12.1. The first-order chi connectivity index (χ1) is 10.1. The van der Waals surface area contributed by atoms with Gasteiger partial charge in [-0.1, -0.05) is 12.8 Å². The van der Waals surface area contributed by atoms with Gasteiger partial charge in [0.25, 0.3) is 0 Å². The van der Waals surface area contributed by atoms with E-state index in [1.54, 1.807) is 6.07 Å². The van der Waals surface area contributed by atoms with Gasteiger partial charge in [0.15, 0.2) is 0 Å². The topological polar surface area (TPSA) is 55.1 Å². The number of halogens is 1. The molecule has 1 heterocycles. The van der Waals surface area contributed by atoms with Crippen LogP contribution in [-0.2, 0) is 17.8 Å². The number of aromatic nitrogens is 2. The number of fused-ring (bicyclic) bond motifs is 1. The summed E-state index contributed by atoms with van der Waals surface area (Å²) in [6, 6.07) is 4.52. The zero-order valence-electron chi connectivity index (χ0n) is 12.1. The van der Waals surface area contributed by atoms with Crippen LogP contribution in [0.25, 0.3) is 11.0 Å². The van der Waals surface area contributed by atoms with Gasteiger partial charge in [-0.3, -0.25) is 4.79 Å². The van der Waals surface area contributed by atoms with Crippen LogP contribution in [0.5, 0.6) is 0 Å². The molecule has 2 aromatic rings. The van der Waals surface area contributed by atoms with E-state index < -0.39 is 11.4 Å². The molecule has 1 aromatic carbocycles. The molecule has 0 atom stereocenters. The van der Waals surface area contributed by atoms with Crippen LogP contribution in [0, 0.1) is 11.2 Å². The molecule has 1 fully saturated rings. The van der Waals surface area contributed by atoms with Gasteiger partial charge in [-0.25, -0.2) is 9.37 Å². The average molecular weight is 290 g/mol. The summed E-state index contributed by atoms with van der Waals surface area (Å²) in [7, 11) is 0. The summed E-state index contributed by atoms with van der Waals surface area (Å²) in [4.78, 5) is 16.2. The second kappa shape index (κ2) is 5.13. The van der Waals surface area contributed by atoms with E-state index in [1.165, 1.54) is 12.1 Å². The van der Waals surface area contributed by atoms with Crippen LogP contribution >= 0.6 is 0 Å². The third-order valence-corrected chi connectivity index (χ3v) is 4.62. The summed E-state index contributed by atoms with van der Waals surface area (Å²) in [6.07, 6.45) is 3.72. The van der Waals surface area contributed by atoms with Gasteiger partial charge in [0.05, 0.1) is 16.4 Å². The molecule has 3 rings (SSSR count). The van der Waals surface area contributed by atoms with E-state index >= 15 is 0 Å². The van der Waals surface area contributed by atoms with Gasteiger partial charge >= 0.3 is 5.97 Å². The number of carbonyl (C=O) groups is 1. The first kappa shape index (κ1) is 14.0. The predicted molar refractivity (Wildman–Crippen MR) is 77.6 cm³/mol. The normalized spacial score (nSPS) is 17.4. The number of imidazole rings is 1. The average Bonchev–Trinajstić information content (AvgIpc) is 3.04. The maximum absolute atomic E-state index is 13.4. The Morgan fingerprint density at radius 3 is 2.76 bits per heavy atom. The van der Waals surface area contributed by atoms with E-state index in [4.69, 9.17) is 0 Å². The molecule has 1 aromatic heterocycles. The lowest BCUT2D eigenvalue weighted by atomic mass is 9.82. The highest BCUT2D eigenvalue weighted by Gasteiger charge is 2.42. The maximum atomic E-state index is 13.4. The largest absolute Gasteiger partial charge is 0.481 e. The quantitative estimate of drug-likeness (QED) is 0.939. The summed E-state index contributed by atoms with van der Waals surface area (Å²) in [5, 5.41) is 9.61. The number of carboxylic acids is 1. The highest BCUT2D eigenvalue weighted by molar-refractivity contribution is 5.78. The fourth-order valence-electron chi connectivity index (χ4n) is 3.45. The highest BCUT2D eigenvalue weighted by atomic mass is 19.1. The van der Waals surface area contributed by atoms with Crippen molar-refractivity contribution in [3.8, 4) is 0 Å². The van der Waals surface area contributed by atoms with Gasteiger partial charge in [-0.2, -0.15) is 0 Å². The Morgan fingerprint density at radius 2 is 2.14 bits per heavy atom.